The molecule has 0 radical (unpaired) electrons. The van der Waals surface area contributed by atoms with Crippen molar-refractivity contribution in [2.45, 2.75) is 0 Å². The van der Waals surface area contributed by atoms with E-state index < -0.39 is 21.7 Å². The first-order valence-corrected chi connectivity index (χ1v) is 6.52. The first-order chi connectivity index (χ1) is 7.99. The predicted molar refractivity (Wildman–Crippen MR) is 61.4 cm³/mol. The van der Waals surface area contributed by atoms with Crippen molar-refractivity contribution in [3.63, 3.8) is 0 Å². The van der Waals surface area contributed by atoms with Gasteiger partial charge in [0.15, 0.2) is 5.75 Å². The number of rotatable bonds is 7. The summed E-state index contributed by atoms with van der Waals surface area (Å²) in [7, 11) is -3.76. The number of nitrogens with one attached hydrogen (secondary N) is 1. The van der Waals surface area contributed by atoms with Crippen LogP contribution in [0, 0.1) is 0 Å². The van der Waals surface area contributed by atoms with Crippen molar-refractivity contribution in [2.24, 2.45) is 0 Å². The van der Waals surface area contributed by atoms with Crippen LogP contribution in [0.4, 0.5) is 0 Å². The first-order valence-electron chi connectivity index (χ1n) is 4.86. The largest absolute Gasteiger partial charge is 0.492 e. The zero-order valence-corrected chi connectivity index (χ0v) is 9.81. The van der Waals surface area contributed by atoms with Crippen molar-refractivity contribution in [1.82, 2.24) is 4.72 Å². The Morgan fingerprint density at radius 3 is 2.53 bits per heavy atom. The van der Waals surface area contributed by atoms with Gasteiger partial charge in [0.1, 0.15) is 12.4 Å². The number of carboxylic acids is 1. The lowest BCUT2D eigenvalue weighted by Gasteiger charge is -2.06. The molecule has 0 bridgehead atoms. The lowest BCUT2D eigenvalue weighted by Crippen LogP contribution is -2.32. The quantitative estimate of drug-likeness (QED) is 0.676. The maximum absolute atomic E-state index is 11.1. The molecule has 2 N–H and O–H groups in total. The summed E-state index contributed by atoms with van der Waals surface area (Å²) < 4.78 is 29.6. The highest BCUT2D eigenvalue weighted by Crippen LogP contribution is 2.07. The Balaban J connectivity index is 2.27. The molecule has 1 aromatic carbocycles. The molecule has 0 amide bonds. The number of ether oxygens (including phenoxy) is 1. The molecule has 0 heterocycles. The highest BCUT2D eigenvalue weighted by molar-refractivity contribution is 7.90. The van der Waals surface area contributed by atoms with E-state index in [1.54, 1.807) is 24.3 Å². The van der Waals surface area contributed by atoms with Crippen molar-refractivity contribution < 1.29 is 23.1 Å². The molecule has 1 rings (SSSR count). The van der Waals surface area contributed by atoms with Gasteiger partial charge in [0.2, 0.25) is 10.0 Å². The minimum Gasteiger partial charge on any atom is -0.492 e. The van der Waals surface area contributed by atoms with Crippen LogP contribution in [0.2, 0.25) is 0 Å². The van der Waals surface area contributed by atoms with Gasteiger partial charge in [-0.05, 0) is 12.1 Å². The molecule has 1 aromatic rings. The Hall–Kier alpha value is -1.60. The second-order valence-electron chi connectivity index (χ2n) is 3.21. The summed E-state index contributed by atoms with van der Waals surface area (Å²) >= 11 is 0. The van der Waals surface area contributed by atoms with Crippen LogP contribution in [-0.4, -0.2) is 38.4 Å². The van der Waals surface area contributed by atoms with Crippen LogP contribution in [0.1, 0.15) is 0 Å². The highest BCUT2D eigenvalue weighted by Gasteiger charge is 2.14. The standard InChI is InChI=1S/C10H13NO5S/c12-10(13)8-17(14,15)11-6-7-16-9-4-2-1-3-5-9/h1-5,11H,6-8H2,(H,12,13). The Morgan fingerprint density at radius 1 is 1.29 bits per heavy atom. The third-order valence-corrected chi connectivity index (χ3v) is 3.02. The van der Waals surface area contributed by atoms with Crippen molar-refractivity contribution in [3.05, 3.63) is 30.3 Å². The number of carbonyl (C=O) groups is 1. The molecular weight excluding hydrogens is 246 g/mol. The van der Waals surface area contributed by atoms with Gasteiger partial charge in [0, 0.05) is 6.54 Å². The van der Waals surface area contributed by atoms with E-state index in [1.807, 2.05) is 6.07 Å². The van der Waals surface area contributed by atoms with Gasteiger partial charge in [-0.2, -0.15) is 0 Å². The molecule has 0 spiro atoms. The fraction of sp³-hybridized carbons (Fsp3) is 0.300. The van der Waals surface area contributed by atoms with E-state index >= 15 is 0 Å². The fourth-order valence-corrected chi connectivity index (χ4v) is 1.92. The number of benzene rings is 1. The topological polar surface area (TPSA) is 92.7 Å². The number of hydrogen-bond donors (Lipinski definition) is 2. The molecule has 94 valence electrons. The van der Waals surface area contributed by atoms with Gasteiger partial charge in [0.05, 0.1) is 0 Å². The molecule has 0 aliphatic rings. The van der Waals surface area contributed by atoms with Gasteiger partial charge >= 0.3 is 5.97 Å². The molecule has 0 saturated carbocycles. The van der Waals surface area contributed by atoms with E-state index in [0.29, 0.717) is 5.75 Å². The monoisotopic (exact) mass is 259 g/mol. The van der Waals surface area contributed by atoms with Crippen LogP contribution in [0.3, 0.4) is 0 Å². The van der Waals surface area contributed by atoms with E-state index in [1.165, 1.54) is 0 Å². The molecule has 0 aliphatic heterocycles. The maximum atomic E-state index is 11.1. The normalized spacial score (nSPS) is 11.1. The Kier molecular flexibility index (Phi) is 4.92. The first kappa shape index (κ1) is 13.5. The van der Waals surface area contributed by atoms with Gasteiger partial charge in [-0.15, -0.1) is 0 Å². The van der Waals surface area contributed by atoms with Crippen molar-refractivity contribution in [1.29, 1.82) is 0 Å². The van der Waals surface area contributed by atoms with Crippen LogP contribution in [0.5, 0.6) is 5.75 Å². The molecule has 0 aromatic heterocycles. The van der Waals surface area contributed by atoms with Gasteiger partial charge < -0.3 is 9.84 Å². The van der Waals surface area contributed by atoms with Gasteiger partial charge in [-0.25, -0.2) is 13.1 Å². The smallest absolute Gasteiger partial charge is 0.320 e. The minimum atomic E-state index is -3.76. The second-order valence-corrected chi connectivity index (χ2v) is 5.02. The molecule has 7 heteroatoms. The van der Waals surface area contributed by atoms with Crippen LogP contribution < -0.4 is 9.46 Å². The molecule has 6 nitrogen and oxygen atoms in total. The summed E-state index contributed by atoms with van der Waals surface area (Å²) in [6, 6.07) is 8.91. The Labute approximate surface area is 99.3 Å². The molecule has 0 saturated heterocycles. The van der Waals surface area contributed by atoms with E-state index in [9.17, 15) is 13.2 Å². The molecular formula is C10H13NO5S. The van der Waals surface area contributed by atoms with Gasteiger partial charge in [-0.1, -0.05) is 18.2 Å². The zero-order valence-electron chi connectivity index (χ0n) is 9.00. The number of hydrogen-bond acceptors (Lipinski definition) is 4. The maximum Gasteiger partial charge on any atom is 0.320 e. The van der Waals surface area contributed by atoms with Crippen molar-refractivity contribution in [3.8, 4) is 5.75 Å². The van der Waals surface area contributed by atoms with Crippen molar-refractivity contribution >= 4 is 16.0 Å². The predicted octanol–water partition coefficient (Wildman–Crippen LogP) is 0.0694. The molecule has 17 heavy (non-hydrogen) atoms. The summed E-state index contributed by atoms with van der Waals surface area (Å²) in [6.45, 7) is 0.174. The molecule has 0 aliphatic carbocycles. The van der Waals surface area contributed by atoms with E-state index in [2.05, 4.69) is 4.72 Å². The van der Waals surface area contributed by atoms with Crippen LogP contribution >= 0.6 is 0 Å². The number of carboxylic acid groups (broad SMARTS) is 1. The van der Waals surface area contributed by atoms with Crippen molar-refractivity contribution in [2.75, 3.05) is 18.9 Å². The van der Waals surface area contributed by atoms with E-state index in [-0.39, 0.29) is 13.2 Å². The van der Waals surface area contributed by atoms with Gasteiger partial charge in [0.25, 0.3) is 0 Å². The minimum absolute atomic E-state index is 0.0322. The zero-order chi connectivity index (χ0) is 12.7. The average Bonchev–Trinajstić information content (AvgIpc) is 2.24. The Bertz CT molecular complexity index is 457. The van der Waals surface area contributed by atoms with Crippen LogP contribution in [-0.2, 0) is 14.8 Å². The van der Waals surface area contributed by atoms with E-state index in [4.69, 9.17) is 9.84 Å². The average molecular weight is 259 g/mol. The second kappa shape index (κ2) is 6.21. The van der Waals surface area contributed by atoms with Crippen LogP contribution in [0.25, 0.3) is 0 Å². The summed E-state index contributed by atoms with van der Waals surface area (Å²) in [4.78, 5) is 10.2. The number of para-hydroxylation sites is 1. The SMILES string of the molecule is O=C(O)CS(=O)(=O)NCCOc1ccccc1. The summed E-state index contributed by atoms with van der Waals surface area (Å²) in [5.41, 5.74) is 0. The molecule has 0 atom stereocenters. The third kappa shape index (κ3) is 5.88. The number of aliphatic carboxylic acids is 1. The molecule has 0 unspecified atom stereocenters. The lowest BCUT2D eigenvalue weighted by atomic mass is 10.3. The lowest BCUT2D eigenvalue weighted by molar-refractivity contribution is -0.134. The highest BCUT2D eigenvalue weighted by atomic mass is 32.2. The summed E-state index contributed by atoms with van der Waals surface area (Å²) in [5, 5.41) is 8.33. The van der Waals surface area contributed by atoms with Gasteiger partial charge in [-0.3, -0.25) is 4.79 Å². The number of sulfonamides is 1. The summed E-state index contributed by atoms with van der Waals surface area (Å²) in [5.74, 6) is -1.69. The fourth-order valence-electron chi connectivity index (χ4n) is 1.10. The Morgan fingerprint density at radius 2 is 1.94 bits per heavy atom. The summed E-state index contributed by atoms with van der Waals surface area (Å²) in [6.07, 6.45) is 0. The third-order valence-electron chi connectivity index (χ3n) is 1.75. The van der Waals surface area contributed by atoms with E-state index in [0.717, 1.165) is 0 Å². The molecule has 0 fully saturated rings. The van der Waals surface area contributed by atoms with Crippen LogP contribution in [0.15, 0.2) is 30.3 Å².